The number of aliphatic hydroxyl groups excluding tert-OH is 1. The minimum Gasteiger partial charge on any atom is -0.392 e. The Labute approximate surface area is 102 Å². The highest BCUT2D eigenvalue weighted by Crippen LogP contribution is 2.39. The first-order valence-corrected chi connectivity index (χ1v) is 6.59. The molecule has 74 valence electrons. The van der Waals surface area contributed by atoms with E-state index in [1.54, 1.807) is 11.8 Å². The maximum atomic E-state index is 9.44. The molecule has 0 spiro atoms. The zero-order chi connectivity index (χ0) is 9.97. The number of halogens is 1. The summed E-state index contributed by atoms with van der Waals surface area (Å²) in [5.41, 5.74) is 1.25. The predicted octanol–water partition coefficient (Wildman–Crippen LogP) is 3.29. The van der Waals surface area contributed by atoms with Crippen molar-refractivity contribution < 1.29 is 5.11 Å². The molecule has 1 nitrogen and oxygen atoms in total. The molecule has 1 aromatic rings. The van der Waals surface area contributed by atoms with Crippen LogP contribution in [0.5, 0.6) is 0 Å². The van der Waals surface area contributed by atoms with E-state index in [9.17, 15) is 5.11 Å². The van der Waals surface area contributed by atoms with Crippen molar-refractivity contribution >= 4 is 37.9 Å². The highest BCUT2D eigenvalue weighted by atomic mass is 127. The van der Waals surface area contributed by atoms with Gasteiger partial charge in [-0.1, -0.05) is 30.3 Å². The second kappa shape index (κ2) is 4.68. The molecule has 0 saturated carbocycles. The number of rotatable bonds is 1. The van der Waals surface area contributed by atoms with Crippen LogP contribution in [0.4, 0.5) is 0 Å². The van der Waals surface area contributed by atoms with Crippen molar-refractivity contribution in [2.75, 3.05) is 5.75 Å². The molecule has 0 amide bonds. The average molecular weight is 318 g/mol. The van der Waals surface area contributed by atoms with Crippen molar-refractivity contribution in [2.45, 2.75) is 12.5 Å². The lowest BCUT2D eigenvalue weighted by atomic mass is 10.2. The first-order valence-electron chi connectivity index (χ1n) is 4.52. The van der Waals surface area contributed by atoms with Gasteiger partial charge in [-0.15, -0.1) is 11.8 Å². The van der Waals surface area contributed by atoms with Gasteiger partial charge in [0, 0.05) is 20.7 Å². The second-order valence-electron chi connectivity index (χ2n) is 3.27. The molecule has 14 heavy (non-hydrogen) atoms. The maximum Gasteiger partial charge on any atom is 0.0679 e. The fourth-order valence-electron chi connectivity index (χ4n) is 1.43. The van der Waals surface area contributed by atoms with E-state index >= 15 is 0 Å². The molecule has 1 N–H and O–H groups in total. The normalized spacial score (nSPS) is 25.1. The largest absolute Gasteiger partial charge is 0.392 e. The first kappa shape index (κ1) is 10.5. The van der Waals surface area contributed by atoms with Crippen LogP contribution in [0.25, 0.3) is 3.58 Å². The van der Waals surface area contributed by atoms with Crippen molar-refractivity contribution in [1.29, 1.82) is 0 Å². The molecule has 1 saturated heterocycles. The molecule has 1 aromatic carbocycles. The maximum absolute atomic E-state index is 9.44. The quantitative estimate of drug-likeness (QED) is 0.802. The molecule has 1 fully saturated rings. The average Bonchev–Trinajstić information content (AvgIpc) is 2.65. The molecule has 1 heterocycles. The Morgan fingerprint density at radius 3 is 2.64 bits per heavy atom. The van der Waals surface area contributed by atoms with Gasteiger partial charge < -0.3 is 5.11 Å². The van der Waals surface area contributed by atoms with Gasteiger partial charge >= 0.3 is 0 Å². The zero-order valence-electron chi connectivity index (χ0n) is 7.61. The van der Waals surface area contributed by atoms with Gasteiger partial charge in [0.25, 0.3) is 0 Å². The smallest absolute Gasteiger partial charge is 0.0679 e. The lowest BCUT2D eigenvalue weighted by Crippen LogP contribution is -2.00. The van der Waals surface area contributed by atoms with Crippen LogP contribution < -0.4 is 0 Å². The summed E-state index contributed by atoms with van der Waals surface area (Å²) in [6.45, 7) is 0. The van der Waals surface area contributed by atoms with Crippen LogP contribution in [-0.2, 0) is 0 Å². The molecule has 0 aromatic heterocycles. The first-order chi connectivity index (χ1) is 6.77. The Bertz CT molecular complexity index is 348. The third-order valence-electron chi connectivity index (χ3n) is 2.14. The highest BCUT2D eigenvalue weighted by Gasteiger charge is 2.20. The van der Waals surface area contributed by atoms with E-state index in [4.69, 9.17) is 0 Å². The predicted molar refractivity (Wildman–Crippen MR) is 70.5 cm³/mol. The summed E-state index contributed by atoms with van der Waals surface area (Å²) in [5, 5.41) is 9.44. The molecule has 1 aliphatic heterocycles. The minimum absolute atomic E-state index is 0.150. The van der Waals surface area contributed by atoms with Crippen LogP contribution in [-0.4, -0.2) is 17.0 Å². The van der Waals surface area contributed by atoms with E-state index < -0.39 is 0 Å². The zero-order valence-corrected chi connectivity index (χ0v) is 10.6. The third kappa shape index (κ3) is 2.32. The van der Waals surface area contributed by atoms with Crippen LogP contribution in [0.2, 0.25) is 0 Å². The van der Waals surface area contributed by atoms with Crippen molar-refractivity contribution in [1.82, 2.24) is 0 Å². The number of hydrogen-bond donors (Lipinski definition) is 1. The van der Waals surface area contributed by atoms with Gasteiger partial charge in [-0.25, -0.2) is 0 Å². The Morgan fingerprint density at radius 2 is 2.07 bits per heavy atom. The van der Waals surface area contributed by atoms with E-state index in [1.165, 1.54) is 14.0 Å². The SMILES string of the molecule is OC1CS/C(=C(/I)c2ccccc2)C1. The van der Waals surface area contributed by atoms with Crippen LogP contribution >= 0.6 is 34.4 Å². The number of aliphatic hydroxyl groups is 1. The molecular formula is C11H11IOS. The van der Waals surface area contributed by atoms with Gasteiger partial charge in [-0.05, 0) is 28.2 Å². The summed E-state index contributed by atoms with van der Waals surface area (Å²) in [5.74, 6) is 0.842. The molecule has 0 bridgehead atoms. The molecule has 1 atom stereocenters. The van der Waals surface area contributed by atoms with E-state index in [2.05, 4.69) is 34.7 Å². The Hall–Kier alpha value is 0. The molecule has 0 radical (unpaired) electrons. The van der Waals surface area contributed by atoms with Crippen LogP contribution in [0, 0.1) is 0 Å². The van der Waals surface area contributed by atoms with Gasteiger partial charge in [0.05, 0.1) is 6.10 Å². The van der Waals surface area contributed by atoms with Crippen molar-refractivity contribution in [3.8, 4) is 0 Å². The number of benzene rings is 1. The van der Waals surface area contributed by atoms with Crippen LogP contribution in [0.15, 0.2) is 35.2 Å². The fourth-order valence-corrected chi connectivity index (χ4v) is 3.54. The summed E-state index contributed by atoms with van der Waals surface area (Å²) in [7, 11) is 0. The molecule has 3 heteroatoms. The van der Waals surface area contributed by atoms with Crippen molar-refractivity contribution in [3.63, 3.8) is 0 Å². The van der Waals surface area contributed by atoms with Crippen LogP contribution in [0.1, 0.15) is 12.0 Å². The standard InChI is InChI=1S/C11H11IOS/c12-11(8-4-2-1-3-5-8)10-6-9(13)7-14-10/h1-5,9,13H,6-7H2/b11-10+. The van der Waals surface area contributed by atoms with E-state index in [0.29, 0.717) is 0 Å². The summed E-state index contributed by atoms with van der Waals surface area (Å²) < 4.78 is 1.28. The number of hydrogen-bond acceptors (Lipinski definition) is 2. The van der Waals surface area contributed by atoms with E-state index in [-0.39, 0.29) is 6.10 Å². The third-order valence-corrected chi connectivity index (χ3v) is 5.05. The topological polar surface area (TPSA) is 20.2 Å². The highest BCUT2D eigenvalue weighted by molar-refractivity contribution is 14.1. The molecular weight excluding hydrogens is 307 g/mol. The lowest BCUT2D eigenvalue weighted by molar-refractivity contribution is 0.207. The van der Waals surface area contributed by atoms with Gasteiger partial charge in [0.15, 0.2) is 0 Å². The van der Waals surface area contributed by atoms with Gasteiger partial charge in [-0.2, -0.15) is 0 Å². The summed E-state index contributed by atoms with van der Waals surface area (Å²) in [6.07, 6.45) is 0.668. The summed E-state index contributed by atoms with van der Waals surface area (Å²) in [6, 6.07) is 10.3. The van der Waals surface area contributed by atoms with Crippen molar-refractivity contribution in [2.24, 2.45) is 0 Å². The molecule has 2 rings (SSSR count). The van der Waals surface area contributed by atoms with Gasteiger partial charge in [0.1, 0.15) is 0 Å². The van der Waals surface area contributed by atoms with Crippen LogP contribution in [0.3, 0.4) is 0 Å². The van der Waals surface area contributed by atoms with E-state index in [0.717, 1.165) is 12.2 Å². The fraction of sp³-hybridized carbons (Fsp3) is 0.273. The number of thioether (sulfide) groups is 1. The van der Waals surface area contributed by atoms with E-state index in [1.807, 2.05) is 18.2 Å². The molecule has 1 unspecified atom stereocenters. The monoisotopic (exact) mass is 318 g/mol. The Morgan fingerprint density at radius 1 is 1.36 bits per heavy atom. The molecule has 1 aliphatic rings. The van der Waals surface area contributed by atoms with Crippen molar-refractivity contribution in [3.05, 3.63) is 40.8 Å². The Kier molecular flexibility index (Phi) is 3.52. The Balaban J connectivity index is 2.27. The van der Waals surface area contributed by atoms with Gasteiger partial charge in [0.2, 0.25) is 0 Å². The second-order valence-corrected chi connectivity index (χ2v) is 5.47. The summed E-state index contributed by atoms with van der Waals surface area (Å²) >= 11 is 4.14. The van der Waals surface area contributed by atoms with Gasteiger partial charge in [-0.3, -0.25) is 0 Å². The molecule has 0 aliphatic carbocycles. The lowest BCUT2D eigenvalue weighted by Gasteiger charge is -2.03. The summed E-state index contributed by atoms with van der Waals surface area (Å²) in [4.78, 5) is 1.32. The minimum atomic E-state index is -0.150.